The molecule has 1 fully saturated rings. The number of benzene rings is 1. The monoisotopic (exact) mass is 336 g/mol. The molecule has 2 rings (SSSR count). The van der Waals surface area contributed by atoms with Gasteiger partial charge in [-0.15, -0.1) is 12.4 Å². The van der Waals surface area contributed by atoms with E-state index in [2.05, 4.69) is 0 Å². The second kappa shape index (κ2) is 8.08. The molecule has 0 radical (unpaired) electrons. The number of sulfonamides is 1. The van der Waals surface area contributed by atoms with E-state index in [1.165, 1.54) is 24.3 Å². The van der Waals surface area contributed by atoms with Crippen molar-refractivity contribution < 1.29 is 12.8 Å². The first-order valence-electron chi connectivity index (χ1n) is 6.97. The number of hydrogen-bond donors (Lipinski definition) is 1. The lowest BCUT2D eigenvalue weighted by Crippen LogP contribution is -2.45. The first-order chi connectivity index (χ1) is 9.53. The number of piperidine rings is 1. The Hall–Kier alpha value is -0.690. The van der Waals surface area contributed by atoms with Gasteiger partial charge in [0, 0.05) is 12.6 Å². The molecular formula is C14H22ClFN2O2S. The molecule has 0 saturated carbocycles. The van der Waals surface area contributed by atoms with Crippen LogP contribution in [0.2, 0.25) is 0 Å². The van der Waals surface area contributed by atoms with Gasteiger partial charge in [0.25, 0.3) is 0 Å². The van der Waals surface area contributed by atoms with E-state index in [0.717, 1.165) is 19.3 Å². The molecule has 0 aliphatic carbocycles. The number of hydrogen-bond acceptors (Lipinski definition) is 3. The highest BCUT2D eigenvalue weighted by Gasteiger charge is 2.31. The summed E-state index contributed by atoms with van der Waals surface area (Å²) in [7, 11) is -3.37. The van der Waals surface area contributed by atoms with Crippen LogP contribution in [0.25, 0.3) is 0 Å². The largest absolute Gasteiger partial charge is 0.330 e. The van der Waals surface area contributed by atoms with Crippen LogP contribution in [0, 0.1) is 5.82 Å². The van der Waals surface area contributed by atoms with Crippen molar-refractivity contribution in [3.8, 4) is 0 Å². The fourth-order valence-corrected chi connectivity index (χ4v) is 4.55. The summed E-state index contributed by atoms with van der Waals surface area (Å²) in [4.78, 5) is 0. The molecular weight excluding hydrogens is 315 g/mol. The van der Waals surface area contributed by atoms with Crippen LogP contribution in [0.3, 0.4) is 0 Å². The van der Waals surface area contributed by atoms with Gasteiger partial charge in [-0.05, 0) is 43.5 Å². The summed E-state index contributed by atoms with van der Waals surface area (Å²) in [5.74, 6) is -0.431. The molecule has 21 heavy (non-hydrogen) atoms. The summed E-state index contributed by atoms with van der Waals surface area (Å²) in [5.41, 5.74) is 6.19. The SMILES string of the molecule is Cl.NCCC1CCCCN1S(=O)(=O)Cc1ccc(F)cc1. The van der Waals surface area contributed by atoms with Crippen LogP contribution < -0.4 is 5.73 Å². The van der Waals surface area contributed by atoms with Crippen LogP contribution in [-0.4, -0.2) is 31.9 Å². The van der Waals surface area contributed by atoms with Gasteiger partial charge in [0.2, 0.25) is 10.0 Å². The molecule has 0 aromatic heterocycles. The lowest BCUT2D eigenvalue weighted by atomic mass is 10.0. The molecule has 0 bridgehead atoms. The predicted octanol–water partition coefficient (Wildman–Crippen LogP) is 2.28. The summed E-state index contributed by atoms with van der Waals surface area (Å²) in [6, 6.07) is 5.64. The summed E-state index contributed by atoms with van der Waals surface area (Å²) < 4.78 is 39.5. The Morgan fingerprint density at radius 3 is 2.52 bits per heavy atom. The molecule has 1 aliphatic rings. The van der Waals surface area contributed by atoms with E-state index >= 15 is 0 Å². The molecule has 1 heterocycles. The van der Waals surface area contributed by atoms with Crippen LogP contribution in [-0.2, 0) is 15.8 Å². The molecule has 1 aromatic rings. The van der Waals surface area contributed by atoms with E-state index in [0.29, 0.717) is 25.1 Å². The van der Waals surface area contributed by atoms with Crippen molar-refractivity contribution in [1.29, 1.82) is 0 Å². The van der Waals surface area contributed by atoms with Gasteiger partial charge in [-0.1, -0.05) is 18.6 Å². The van der Waals surface area contributed by atoms with Gasteiger partial charge in [0.15, 0.2) is 0 Å². The first-order valence-corrected chi connectivity index (χ1v) is 8.58. The standard InChI is InChI=1S/C14H21FN2O2S.ClH/c15-13-6-4-12(5-7-13)11-20(18,19)17-10-2-1-3-14(17)8-9-16;/h4-7,14H,1-3,8-11,16H2;1H. The molecule has 0 amide bonds. The highest BCUT2D eigenvalue weighted by Crippen LogP contribution is 2.24. The zero-order valence-electron chi connectivity index (χ0n) is 11.9. The van der Waals surface area contributed by atoms with Gasteiger partial charge in [-0.2, -0.15) is 4.31 Å². The minimum absolute atomic E-state index is 0. The van der Waals surface area contributed by atoms with Gasteiger partial charge >= 0.3 is 0 Å². The minimum Gasteiger partial charge on any atom is -0.330 e. The Morgan fingerprint density at radius 1 is 1.24 bits per heavy atom. The van der Waals surface area contributed by atoms with Crippen molar-refractivity contribution in [1.82, 2.24) is 4.31 Å². The maximum atomic E-state index is 12.9. The van der Waals surface area contributed by atoms with Crippen LogP contribution in [0.15, 0.2) is 24.3 Å². The molecule has 1 atom stereocenters. The van der Waals surface area contributed by atoms with Gasteiger partial charge in [0.1, 0.15) is 5.82 Å². The molecule has 4 nitrogen and oxygen atoms in total. The highest BCUT2D eigenvalue weighted by molar-refractivity contribution is 7.88. The Balaban J connectivity index is 0.00000220. The smallest absolute Gasteiger partial charge is 0.218 e. The summed E-state index contributed by atoms with van der Waals surface area (Å²) in [6.45, 7) is 1.06. The molecule has 7 heteroatoms. The average Bonchev–Trinajstić information content (AvgIpc) is 2.42. The van der Waals surface area contributed by atoms with Gasteiger partial charge in [-0.25, -0.2) is 12.8 Å². The fourth-order valence-electron chi connectivity index (χ4n) is 2.70. The van der Waals surface area contributed by atoms with E-state index in [4.69, 9.17) is 5.73 Å². The van der Waals surface area contributed by atoms with Crippen molar-refractivity contribution in [3.63, 3.8) is 0 Å². The molecule has 2 N–H and O–H groups in total. The van der Waals surface area contributed by atoms with Crippen LogP contribution >= 0.6 is 12.4 Å². The molecule has 1 aromatic carbocycles. The Kier molecular flexibility index (Phi) is 7.06. The van der Waals surface area contributed by atoms with E-state index in [1.54, 1.807) is 4.31 Å². The van der Waals surface area contributed by atoms with Crippen molar-refractivity contribution in [2.75, 3.05) is 13.1 Å². The number of halogens is 2. The Morgan fingerprint density at radius 2 is 1.90 bits per heavy atom. The first kappa shape index (κ1) is 18.4. The van der Waals surface area contributed by atoms with Crippen molar-refractivity contribution >= 4 is 22.4 Å². The third kappa shape index (κ3) is 4.92. The topological polar surface area (TPSA) is 63.4 Å². The lowest BCUT2D eigenvalue weighted by molar-refractivity contribution is 0.243. The number of nitrogens with two attached hydrogens (primary N) is 1. The third-order valence-corrected chi connectivity index (χ3v) is 5.59. The fraction of sp³-hybridized carbons (Fsp3) is 0.571. The van der Waals surface area contributed by atoms with E-state index in [-0.39, 0.29) is 30.0 Å². The highest BCUT2D eigenvalue weighted by atomic mass is 35.5. The molecule has 1 aliphatic heterocycles. The van der Waals surface area contributed by atoms with Crippen molar-refractivity contribution in [2.24, 2.45) is 5.73 Å². The van der Waals surface area contributed by atoms with E-state index in [1.807, 2.05) is 0 Å². The zero-order chi connectivity index (χ0) is 14.6. The van der Waals surface area contributed by atoms with E-state index in [9.17, 15) is 12.8 Å². The summed E-state index contributed by atoms with van der Waals surface area (Å²) in [5, 5.41) is 0. The van der Waals surface area contributed by atoms with Crippen molar-refractivity contribution in [3.05, 3.63) is 35.6 Å². The Labute approximate surface area is 132 Å². The lowest BCUT2D eigenvalue weighted by Gasteiger charge is -2.34. The maximum absolute atomic E-state index is 12.9. The second-order valence-corrected chi connectivity index (χ2v) is 7.14. The van der Waals surface area contributed by atoms with Gasteiger partial charge in [0.05, 0.1) is 5.75 Å². The summed E-state index contributed by atoms with van der Waals surface area (Å²) >= 11 is 0. The number of nitrogens with zero attached hydrogens (tertiary/aromatic N) is 1. The van der Waals surface area contributed by atoms with Crippen LogP contribution in [0.5, 0.6) is 0 Å². The van der Waals surface area contributed by atoms with E-state index < -0.39 is 10.0 Å². The average molecular weight is 337 g/mol. The maximum Gasteiger partial charge on any atom is 0.218 e. The molecule has 1 saturated heterocycles. The molecule has 120 valence electrons. The molecule has 1 unspecified atom stereocenters. The van der Waals surface area contributed by atoms with Gasteiger partial charge in [-0.3, -0.25) is 0 Å². The van der Waals surface area contributed by atoms with Crippen molar-refractivity contribution in [2.45, 2.75) is 37.5 Å². The zero-order valence-corrected chi connectivity index (χ0v) is 13.5. The quantitative estimate of drug-likeness (QED) is 0.897. The van der Waals surface area contributed by atoms with Crippen LogP contribution in [0.1, 0.15) is 31.2 Å². The summed E-state index contributed by atoms with van der Waals surface area (Å²) in [6.07, 6.45) is 3.51. The second-order valence-electron chi connectivity index (χ2n) is 5.22. The molecule has 0 spiro atoms. The normalized spacial score (nSPS) is 20.0. The van der Waals surface area contributed by atoms with Crippen LogP contribution in [0.4, 0.5) is 4.39 Å². The predicted molar refractivity (Wildman–Crippen MR) is 84.3 cm³/mol. The third-order valence-electron chi connectivity index (χ3n) is 3.69. The minimum atomic E-state index is -3.37. The van der Waals surface area contributed by atoms with Gasteiger partial charge < -0.3 is 5.73 Å². The Bertz CT molecular complexity index is 534. The number of rotatable bonds is 5.